The fraction of sp³-hybridized carbons (Fsp3) is 0.786. The molecule has 1 aliphatic heterocycles. The molecule has 0 aromatic heterocycles. The quantitative estimate of drug-likeness (QED) is 0.797. The zero-order valence-electron chi connectivity index (χ0n) is 12.9. The van der Waals surface area contributed by atoms with Crippen molar-refractivity contribution in [3.05, 3.63) is 0 Å². The minimum absolute atomic E-state index is 0.216. The van der Waals surface area contributed by atoms with Crippen molar-refractivity contribution in [2.24, 2.45) is 5.92 Å². The fourth-order valence-electron chi connectivity index (χ4n) is 2.39. The molecular formula is C14H23NO6. The number of rotatable bonds is 3. The molecule has 7 nitrogen and oxygen atoms in total. The van der Waals surface area contributed by atoms with Crippen LogP contribution in [0.5, 0.6) is 0 Å². The number of carboxylic acids is 1. The van der Waals surface area contributed by atoms with E-state index in [-0.39, 0.29) is 31.3 Å². The number of carbonyl (C=O) groups excluding carboxylic acids is 2. The number of hydrogen-bond donors (Lipinski definition) is 1. The number of esters is 1. The topological polar surface area (TPSA) is 93.1 Å². The van der Waals surface area contributed by atoms with Gasteiger partial charge in [0, 0.05) is 12.6 Å². The summed E-state index contributed by atoms with van der Waals surface area (Å²) in [5.41, 5.74) is -0.649. The van der Waals surface area contributed by atoms with Gasteiger partial charge < -0.3 is 19.5 Å². The molecule has 1 rings (SSSR count). The Morgan fingerprint density at radius 1 is 1.29 bits per heavy atom. The lowest BCUT2D eigenvalue weighted by Crippen LogP contribution is -2.50. The van der Waals surface area contributed by atoms with E-state index in [1.165, 1.54) is 12.0 Å². The molecule has 1 aliphatic rings. The molecular weight excluding hydrogens is 278 g/mol. The third-order valence-corrected chi connectivity index (χ3v) is 3.29. The Balaban J connectivity index is 2.80. The summed E-state index contributed by atoms with van der Waals surface area (Å²) >= 11 is 0. The second-order valence-electron chi connectivity index (χ2n) is 6.17. The van der Waals surface area contributed by atoms with Crippen molar-refractivity contribution in [1.29, 1.82) is 0 Å². The Hall–Kier alpha value is -1.79. The first-order valence-corrected chi connectivity index (χ1v) is 6.93. The summed E-state index contributed by atoms with van der Waals surface area (Å²) in [5, 5.41) is 8.98. The molecule has 1 N–H and O–H groups in total. The molecule has 0 saturated carbocycles. The van der Waals surface area contributed by atoms with E-state index in [0.29, 0.717) is 6.42 Å². The summed E-state index contributed by atoms with van der Waals surface area (Å²) in [7, 11) is 1.30. The third-order valence-electron chi connectivity index (χ3n) is 3.29. The summed E-state index contributed by atoms with van der Waals surface area (Å²) < 4.78 is 9.99. The van der Waals surface area contributed by atoms with Crippen LogP contribution in [0.3, 0.4) is 0 Å². The molecule has 0 aromatic carbocycles. The van der Waals surface area contributed by atoms with Crippen LogP contribution in [0.4, 0.5) is 4.79 Å². The van der Waals surface area contributed by atoms with E-state index in [1.54, 1.807) is 20.8 Å². The van der Waals surface area contributed by atoms with Crippen molar-refractivity contribution >= 4 is 18.0 Å². The Kier molecular flexibility index (Phi) is 5.57. The van der Waals surface area contributed by atoms with Crippen molar-refractivity contribution in [2.75, 3.05) is 13.7 Å². The molecule has 0 aliphatic carbocycles. The first-order chi connectivity index (χ1) is 9.64. The Bertz CT molecular complexity index is 414. The number of methoxy groups -OCH3 is 1. The van der Waals surface area contributed by atoms with E-state index in [1.807, 2.05) is 0 Å². The highest BCUT2D eigenvalue weighted by molar-refractivity contribution is 5.75. The van der Waals surface area contributed by atoms with Gasteiger partial charge >= 0.3 is 18.0 Å². The number of piperidine rings is 1. The number of aliphatic carboxylic acids is 1. The minimum atomic E-state index is -1.01. The third kappa shape index (κ3) is 5.24. The van der Waals surface area contributed by atoms with Gasteiger partial charge in [-0.3, -0.25) is 9.59 Å². The van der Waals surface area contributed by atoms with E-state index >= 15 is 0 Å². The molecule has 2 atom stereocenters. The molecule has 1 amide bonds. The fourth-order valence-corrected chi connectivity index (χ4v) is 2.39. The van der Waals surface area contributed by atoms with E-state index in [4.69, 9.17) is 14.6 Å². The number of hydrogen-bond acceptors (Lipinski definition) is 5. The van der Waals surface area contributed by atoms with Crippen molar-refractivity contribution in [2.45, 2.75) is 51.7 Å². The number of amides is 1. The van der Waals surface area contributed by atoms with Crippen molar-refractivity contribution in [3.63, 3.8) is 0 Å². The maximum absolute atomic E-state index is 12.1. The molecule has 0 bridgehead atoms. The van der Waals surface area contributed by atoms with Crippen LogP contribution in [0, 0.1) is 5.92 Å². The van der Waals surface area contributed by atoms with Crippen LogP contribution in [0.2, 0.25) is 0 Å². The second kappa shape index (κ2) is 6.78. The van der Waals surface area contributed by atoms with Gasteiger partial charge in [-0.15, -0.1) is 0 Å². The van der Waals surface area contributed by atoms with Gasteiger partial charge in [-0.2, -0.15) is 0 Å². The molecule has 1 saturated heterocycles. The zero-order valence-corrected chi connectivity index (χ0v) is 12.9. The van der Waals surface area contributed by atoms with Crippen LogP contribution < -0.4 is 0 Å². The molecule has 7 heteroatoms. The van der Waals surface area contributed by atoms with E-state index in [0.717, 1.165) is 0 Å². The Morgan fingerprint density at radius 2 is 1.90 bits per heavy atom. The van der Waals surface area contributed by atoms with E-state index < -0.39 is 23.7 Å². The summed E-state index contributed by atoms with van der Waals surface area (Å²) in [4.78, 5) is 36.1. The van der Waals surface area contributed by atoms with Crippen molar-refractivity contribution in [3.8, 4) is 0 Å². The SMILES string of the molecule is COC(=O)C1CCN(C(=O)OC(C)(C)C)C(CC(=O)O)C1. The Morgan fingerprint density at radius 3 is 2.38 bits per heavy atom. The number of nitrogens with zero attached hydrogens (tertiary/aromatic N) is 1. The van der Waals surface area contributed by atoms with Gasteiger partial charge in [0.15, 0.2) is 0 Å². The van der Waals surface area contributed by atoms with Crippen LogP contribution in [0.1, 0.15) is 40.0 Å². The number of carboxylic acid groups (broad SMARTS) is 1. The lowest BCUT2D eigenvalue weighted by molar-refractivity contribution is -0.149. The second-order valence-corrected chi connectivity index (χ2v) is 6.17. The molecule has 0 aromatic rings. The molecule has 1 heterocycles. The normalized spacial score (nSPS) is 22.6. The summed E-state index contributed by atoms with van der Waals surface area (Å²) in [6, 6.07) is -0.560. The van der Waals surface area contributed by atoms with Crippen molar-refractivity contribution < 1.29 is 29.0 Å². The summed E-state index contributed by atoms with van der Waals surface area (Å²) in [6.07, 6.45) is -0.0375. The average Bonchev–Trinajstić information content (AvgIpc) is 2.34. The molecule has 120 valence electrons. The van der Waals surface area contributed by atoms with E-state index in [9.17, 15) is 14.4 Å². The summed E-state index contributed by atoms with van der Waals surface area (Å²) in [5.74, 6) is -1.76. The standard InChI is InChI=1S/C14H23NO6/c1-14(2,3)21-13(19)15-6-5-9(12(18)20-4)7-10(15)8-11(16)17/h9-10H,5-8H2,1-4H3,(H,16,17). The molecule has 1 fully saturated rings. The predicted octanol–water partition coefficient (Wildman–Crippen LogP) is 1.65. The molecule has 0 radical (unpaired) electrons. The lowest BCUT2D eigenvalue weighted by atomic mass is 9.89. The monoisotopic (exact) mass is 301 g/mol. The smallest absolute Gasteiger partial charge is 0.410 e. The van der Waals surface area contributed by atoms with Crippen molar-refractivity contribution in [1.82, 2.24) is 4.90 Å². The highest BCUT2D eigenvalue weighted by Crippen LogP contribution is 2.27. The lowest BCUT2D eigenvalue weighted by Gasteiger charge is -2.38. The van der Waals surface area contributed by atoms with Gasteiger partial charge in [-0.05, 0) is 33.6 Å². The largest absolute Gasteiger partial charge is 0.481 e. The van der Waals surface area contributed by atoms with Gasteiger partial charge in [0.25, 0.3) is 0 Å². The zero-order chi connectivity index (χ0) is 16.2. The van der Waals surface area contributed by atoms with Crippen LogP contribution in [-0.2, 0) is 19.1 Å². The van der Waals surface area contributed by atoms with Crippen LogP contribution in [0.15, 0.2) is 0 Å². The van der Waals surface area contributed by atoms with Crippen LogP contribution in [0.25, 0.3) is 0 Å². The molecule has 0 spiro atoms. The van der Waals surface area contributed by atoms with E-state index in [2.05, 4.69) is 0 Å². The van der Waals surface area contributed by atoms with Gasteiger partial charge in [0.1, 0.15) is 5.60 Å². The first-order valence-electron chi connectivity index (χ1n) is 6.93. The number of likely N-dealkylation sites (tertiary alicyclic amines) is 1. The number of carbonyl (C=O) groups is 3. The van der Waals surface area contributed by atoms with Crippen LogP contribution in [-0.4, -0.2) is 53.3 Å². The minimum Gasteiger partial charge on any atom is -0.481 e. The maximum Gasteiger partial charge on any atom is 0.410 e. The van der Waals surface area contributed by atoms with Gasteiger partial charge in [-0.1, -0.05) is 0 Å². The van der Waals surface area contributed by atoms with Gasteiger partial charge in [-0.25, -0.2) is 4.79 Å². The van der Waals surface area contributed by atoms with Gasteiger partial charge in [0.05, 0.1) is 19.4 Å². The predicted molar refractivity (Wildman–Crippen MR) is 73.7 cm³/mol. The Labute approximate surface area is 124 Å². The molecule has 21 heavy (non-hydrogen) atoms. The maximum atomic E-state index is 12.1. The van der Waals surface area contributed by atoms with Gasteiger partial charge in [0.2, 0.25) is 0 Å². The van der Waals surface area contributed by atoms with Crippen LogP contribution >= 0.6 is 0 Å². The highest BCUT2D eigenvalue weighted by Gasteiger charge is 2.38. The first kappa shape index (κ1) is 17.3. The summed E-state index contributed by atoms with van der Waals surface area (Å²) in [6.45, 7) is 5.53. The average molecular weight is 301 g/mol. The highest BCUT2D eigenvalue weighted by atomic mass is 16.6. The number of ether oxygens (including phenoxy) is 2. The molecule has 2 unspecified atom stereocenters.